The summed E-state index contributed by atoms with van der Waals surface area (Å²) in [5, 5.41) is 1.55. The standard InChI is InChI=1S/C12H6ClF4N3O/c13-5-3-19-8(18)1-4(5)12(21)20-11-9(16)6(14)2-7(15)10(11)17/h1-3H,(H2,18,19)(H,20,21). The fourth-order valence-electron chi connectivity index (χ4n) is 1.49. The van der Waals surface area contributed by atoms with E-state index in [1.165, 1.54) is 0 Å². The number of rotatable bonds is 2. The van der Waals surface area contributed by atoms with E-state index in [9.17, 15) is 22.4 Å². The van der Waals surface area contributed by atoms with Gasteiger partial charge in [-0.3, -0.25) is 4.79 Å². The average Bonchev–Trinajstić information content (AvgIpc) is 2.43. The maximum Gasteiger partial charge on any atom is 0.257 e. The first-order valence-corrected chi connectivity index (χ1v) is 5.74. The summed E-state index contributed by atoms with van der Waals surface area (Å²) in [7, 11) is 0. The molecule has 0 radical (unpaired) electrons. The number of carbonyl (C=O) groups excluding carboxylic acids is 1. The van der Waals surface area contributed by atoms with E-state index >= 15 is 0 Å². The van der Waals surface area contributed by atoms with Gasteiger partial charge in [-0.2, -0.15) is 0 Å². The largest absolute Gasteiger partial charge is 0.384 e. The lowest BCUT2D eigenvalue weighted by atomic mass is 10.2. The predicted octanol–water partition coefficient (Wildman–Crippen LogP) is 3.13. The number of anilines is 2. The molecule has 9 heteroatoms. The first-order chi connectivity index (χ1) is 9.81. The highest BCUT2D eigenvalue weighted by Gasteiger charge is 2.22. The van der Waals surface area contributed by atoms with Crippen molar-refractivity contribution < 1.29 is 22.4 Å². The van der Waals surface area contributed by atoms with Crippen molar-refractivity contribution in [1.29, 1.82) is 0 Å². The number of aromatic nitrogens is 1. The SMILES string of the molecule is Nc1cc(C(=O)Nc2c(F)c(F)cc(F)c2F)c(Cl)cn1. The van der Waals surface area contributed by atoms with Gasteiger partial charge in [0.25, 0.3) is 5.91 Å². The Morgan fingerprint density at radius 2 is 1.71 bits per heavy atom. The van der Waals surface area contributed by atoms with Gasteiger partial charge < -0.3 is 11.1 Å². The van der Waals surface area contributed by atoms with Crippen LogP contribution in [-0.4, -0.2) is 10.9 Å². The summed E-state index contributed by atoms with van der Waals surface area (Å²) in [4.78, 5) is 15.4. The van der Waals surface area contributed by atoms with Gasteiger partial charge in [0, 0.05) is 12.3 Å². The number of hydrogen-bond acceptors (Lipinski definition) is 3. The lowest BCUT2D eigenvalue weighted by Crippen LogP contribution is -2.16. The molecule has 1 heterocycles. The van der Waals surface area contributed by atoms with Crippen LogP contribution in [-0.2, 0) is 0 Å². The minimum absolute atomic E-state index is 0.0255. The van der Waals surface area contributed by atoms with Gasteiger partial charge in [0.1, 0.15) is 11.5 Å². The van der Waals surface area contributed by atoms with Gasteiger partial charge in [-0.15, -0.1) is 0 Å². The Balaban J connectivity index is 2.43. The number of nitrogen functional groups attached to an aromatic ring is 1. The van der Waals surface area contributed by atoms with E-state index in [2.05, 4.69) is 4.98 Å². The summed E-state index contributed by atoms with van der Waals surface area (Å²) in [6.45, 7) is 0. The molecule has 0 fully saturated rings. The fraction of sp³-hybridized carbons (Fsp3) is 0. The van der Waals surface area contributed by atoms with E-state index in [1.807, 2.05) is 0 Å². The second-order valence-corrected chi connectivity index (χ2v) is 4.29. The molecule has 2 aromatic rings. The molecule has 0 bridgehead atoms. The summed E-state index contributed by atoms with van der Waals surface area (Å²) in [6.07, 6.45) is 1.05. The van der Waals surface area contributed by atoms with E-state index in [0.717, 1.165) is 12.3 Å². The summed E-state index contributed by atoms with van der Waals surface area (Å²) in [5.41, 5.74) is 3.83. The Kier molecular flexibility index (Phi) is 3.99. The molecular weight excluding hydrogens is 314 g/mol. The van der Waals surface area contributed by atoms with Crippen LogP contribution in [0.3, 0.4) is 0 Å². The highest BCUT2D eigenvalue weighted by atomic mass is 35.5. The van der Waals surface area contributed by atoms with E-state index in [4.69, 9.17) is 17.3 Å². The molecule has 0 aliphatic rings. The number of benzene rings is 1. The number of amides is 1. The Morgan fingerprint density at radius 3 is 2.29 bits per heavy atom. The van der Waals surface area contributed by atoms with Gasteiger partial charge in [-0.05, 0) is 6.07 Å². The van der Waals surface area contributed by atoms with Crippen molar-refractivity contribution in [2.45, 2.75) is 0 Å². The minimum Gasteiger partial charge on any atom is -0.384 e. The first-order valence-electron chi connectivity index (χ1n) is 5.36. The molecular formula is C12H6ClF4N3O. The van der Waals surface area contributed by atoms with Crippen LogP contribution in [0.4, 0.5) is 29.1 Å². The first kappa shape index (κ1) is 15.0. The number of pyridine rings is 1. The van der Waals surface area contributed by atoms with Crippen LogP contribution in [0.15, 0.2) is 18.3 Å². The quantitative estimate of drug-likeness (QED) is 0.660. The molecule has 4 nitrogen and oxygen atoms in total. The maximum absolute atomic E-state index is 13.4. The third-order valence-electron chi connectivity index (χ3n) is 2.47. The third-order valence-corrected chi connectivity index (χ3v) is 2.77. The van der Waals surface area contributed by atoms with Crippen LogP contribution in [0.2, 0.25) is 5.02 Å². The zero-order valence-corrected chi connectivity index (χ0v) is 10.8. The van der Waals surface area contributed by atoms with Crippen molar-refractivity contribution in [3.8, 4) is 0 Å². The molecule has 0 atom stereocenters. The molecule has 0 aliphatic heterocycles. The van der Waals surface area contributed by atoms with Crippen LogP contribution >= 0.6 is 11.6 Å². The molecule has 110 valence electrons. The zero-order valence-electron chi connectivity index (χ0n) is 10.1. The molecule has 1 aromatic heterocycles. The number of halogens is 5. The van der Waals surface area contributed by atoms with Gasteiger partial charge in [0.05, 0.1) is 10.6 Å². The van der Waals surface area contributed by atoms with Crippen molar-refractivity contribution >= 4 is 29.0 Å². The van der Waals surface area contributed by atoms with Crippen LogP contribution in [0, 0.1) is 23.3 Å². The van der Waals surface area contributed by atoms with Gasteiger partial charge in [-0.25, -0.2) is 22.5 Å². The van der Waals surface area contributed by atoms with Crippen molar-refractivity contribution in [3.63, 3.8) is 0 Å². The molecule has 21 heavy (non-hydrogen) atoms. The monoisotopic (exact) mass is 319 g/mol. The topological polar surface area (TPSA) is 68.0 Å². The molecule has 3 N–H and O–H groups in total. The molecule has 1 aromatic carbocycles. The number of carbonyl (C=O) groups is 1. The van der Waals surface area contributed by atoms with Crippen molar-refractivity contribution in [1.82, 2.24) is 4.98 Å². The van der Waals surface area contributed by atoms with E-state index in [0.29, 0.717) is 0 Å². The molecule has 0 unspecified atom stereocenters. The second kappa shape index (κ2) is 5.57. The predicted molar refractivity (Wildman–Crippen MR) is 67.9 cm³/mol. The lowest BCUT2D eigenvalue weighted by molar-refractivity contribution is 0.102. The number of hydrogen-bond donors (Lipinski definition) is 2. The van der Waals surface area contributed by atoms with Crippen molar-refractivity contribution in [3.05, 3.63) is 52.2 Å². The molecule has 0 saturated heterocycles. The molecule has 0 saturated carbocycles. The van der Waals surface area contributed by atoms with Crippen LogP contribution < -0.4 is 11.1 Å². The smallest absolute Gasteiger partial charge is 0.257 e. The number of nitrogens with zero attached hydrogens (tertiary/aromatic N) is 1. The molecule has 0 spiro atoms. The van der Waals surface area contributed by atoms with Gasteiger partial charge >= 0.3 is 0 Å². The highest BCUT2D eigenvalue weighted by molar-refractivity contribution is 6.34. The highest BCUT2D eigenvalue weighted by Crippen LogP contribution is 2.26. The minimum atomic E-state index is -1.74. The third kappa shape index (κ3) is 2.89. The maximum atomic E-state index is 13.4. The number of nitrogens with two attached hydrogens (primary N) is 1. The summed E-state index contributed by atoms with van der Waals surface area (Å²) >= 11 is 5.68. The zero-order chi connectivity index (χ0) is 15.7. The van der Waals surface area contributed by atoms with Gasteiger partial charge in [0.2, 0.25) is 0 Å². The van der Waals surface area contributed by atoms with Crippen molar-refractivity contribution in [2.75, 3.05) is 11.1 Å². The van der Waals surface area contributed by atoms with Crippen molar-refractivity contribution in [2.24, 2.45) is 0 Å². The summed E-state index contributed by atoms with van der Waals surface area (Å²) < 4.78 is 52.9. The Labute approximate surface area is 120 Å². The van der Waals surface area contributed by atoms with Gasteiger partial charge in [-0.1, -0.05) is 11.6 Å². The molecule has 0 aliphatic carbocycles. The normalized spacial score (nSPS) is 10.5. The Hall–Kier alpha value is -2.35. The Morgan fingerprint density at radius 1 is 1.14 bits per heavy atom. The van der Waals surface area contributed by atoms with Crippen LogP contribution in [0.25, 0.3) is 0 Å². The van der Waals surface area contributed by atoms with E-state index < -0.39 is 34.9 Å². The summed E-state index contributed by atoms with van der Waals surface area (Å²) in [6, 6.07) is 1.07. The van der Waals surface area contributed by atoms with Crippen LogP contribution in [0.1, 0.15) is 10.4 Å². The van der Waals surface area contributed by atoms with E-state index in [1.54, 1.807) is 5.32 Å². The Bertz CT molecular complexity index is 713. The fourth-order valence-corrected chi connectivity index (χ4v) is 1.68. The van der Waals surface area contributed by atoms with Crippen LogP contribution in [0.5, 0.6) is 0 Å². The lowest BCUT2D eigenvalue weighted by Gasteiger charge is -2.10. The van der Waals surface area contributed by atoms with E-state index in [-0.39, 0.29) is 22.5 Å². The molecule has 2 rings (SSSR count). The number of nitrogens with one attached hydrogen (secondary N) is 1. The molecule has 1 amide bonds. The van der Waals surface area contributed by atoms with Gasteiger partial charge in [0.15, 0.2) is 23.3 Å². The average molecular weight is 320 g/mol. The second-order valence-electron chi connectivity index (χ2n) is 3.89. The summed E-state index contributed by atoms with van der Waals surface area (Å²) in [5.74, 6) is -7.94.